The second-order valence-corrected chi connectivity index (χ2v) is 9.92. The minimum absolute atomic E-state index is 0.0615. The van der Waals surface area contributed by atoms with Crippen molar-refractivity contribution < 1.29 is 9.18 Å². The Hall–Kier alpha value is -3.02. The van der Waals surface area contributed by atoms with Crippen LogP contribution in [-0.2, 0) is 11.3 Å². The summed E-state index contributed by atoms with van der Waals surface area (Å²) in [5.74, 6) is -0.171. The number of thiophene rings is 2. The number of benzene rings is 1. The molecule has 0 bridgehead atoms. The van der Waals surface area contributed by atoms with Crippen LogP contribution in [0.25, 0.3) is 16.0 Å². The summed E-state index contributed by atoms with van der Waals surface area (Å²) in [6.45, 7) is 2.06. The van der Waals surface area contributed by atoms with E-state index in [0.29, 0.717) is 38.9 Å². The molecule has 1 aromatic carbocycles. The lowest BCUT2D eigenvalue weighted by Crippen LogP contribution is -2.22. The fraction of sp³-hybridized carbons (Fsp3) is 0.143. The number of hydrogen-bond donors (Lipinski definition) is 1. The predicted octanol–water partition coefficient (Wildman–Crippen LogP) is 4.39. The molecule has 0 radical (unpaired) electrons. The Morgan fingerprint density at radius 1 is 1.19 bits per heavy atom. The smallest absolute Gasteiger partial charge is 0.273 e. The van der Waals surface area contributed by atoms with E-state index in [1.165, 1.54) is 29.2 Å². The van der Waals surface area contributed by atoms with Gasteiger partial charge in [0.05, 0.1) is 17.8 Å². The first-order valence-electron chi connectivity index (χ1n) is 9.57. The number of thioether (sulfide) groups is 1. The number of nitrogens with zero attached hydrogens (tertiary/aromatic N) is 4. The van der Waals surface area contributed by atoms with Gasteiger partial charge in [-0.05, 0) is 47.5 Å². The number of carbonyl (C=O) groups is 1. The lowest BCUT2D eigenvalue weighted by atomic mass is 10.2. The Labute approximate surface area is 193 Å². The van der Waals surface area contributed by atoms with Gasteiger partial charge in [0.25, 0.3) is 5.56 Å². The highest BCUT2D eigenvalue weighted by atomic mass is 32.2. The van der Waals surface area contributed by atoms with E-state index >= 15 is 0 Å². The summed E-state index contributed by atoms with van der Waals surface area (Å²) in [6.07, 6.45) is 0. The van der Waals surface area contributed by atoms with Gasteiger partial charge in [0.15, 0.2) is 5.16 Å². The van der Waals surface area contributed by atoms with Gasteiger partial charge in [-0.1, -0.05) is 23.9 Å². The summed E-state index contributed by atoms with van der Waals surface area (Å²) in [5.41, 5.74) is 1.51. The molecule has 1 N–H and O–H groups in total. The molecule has 4 aromatic heterocycles. The van der Waals surface area contributed by atoms with Crippen LogP contribution in [0.1, 0.15) is 10.4 Å². The van der Waals surface area contributed by atoms with Gasteiger partial charge < -0.3 is 5.32 Å². The van der Waals surface area contributed by atoms with Crippen LogP contribution in [0.5, 0.6) is 0 Å². The number of carbonyl (C=O) groups excluding carboxylic acids is 1. The van der Waals surface area contributed by atoms with Crippen LogP contribution in [0.15, 0.2) is 57.1 Å². The summed E-state index contributed by atoms with van der Waals surface area (Å²) in [4.78, 5) is 26.5. The average molecular weight is 486 g/mol. The molecule has 7 nitrogen and oxygen atoms in total. The topological polar surface area (TPSA) is 81.3 Å². The molecule has 162 valence electrons. The Morgan fingerprint density at radius 3 is 2.84 bits per heavy atom. The number of anilines is 1. The number of fused-ring (bicyclic) bond motifs is 3. The molecule has 32 heavy (non-hydrogen) atoms. The van der Waals surface area contributed by atoms with Crippen LogP contribution in [0.3, 0.4) is 0 Å². The summed E-state index contributed by atoms with van der Waals surface area (Å²) < 4.78 is 17.8. The molecule has 1 amide bonds. The van der Waals surface area contributed by atoms with E-state index in [0.717, 1.165) is 4.88 Å². The lowest BCUT2D eigenvalue weighted by molar-refractivity contribution is -0.113. The number of aromatic nitrogens is 4. The lowest BCUT2D eigenvalue weighted by Gasteiger charge is -2.09. The highest BCUT2D eigenvalue weighted by Crippen LogP contribution is 2.25. The highest BCUT2D eigenvalue weighted by molar-refractivity contribution is 7.99. The number of halogens is 1. The Bertz CT molecular complexity index is 1500. The van der Waals surface area contributed by atoms with Gasteiger partial charge in [-0.2, -0.15) is 0 Å². The summed E-state index contributed by atoms with van der Waals surface area (Å²) >= 11 is 4.14. The van der Waals surface area contributed by atoms with Crippen molar-refractivity contribution in [1.29, 1.82) is 0 Å². The summed E-state index contributed by atoms with van der Waals surface area (Å²) in [5, 5.41) is 15.5. The van der Waals surface area contributed by atoms with Crippen LogP contribution >= 0.6 is 34.4 Å². The Balaban J connectivity index is 1.44. The van der Waals surface area contributed by atoms with Crippen molar-refractivity contribution in [2.24, 2.45) is 0 Å². The second kappa shape index (κ2) is 8.49. The predicted molar refractivity (Wildman–Crippen MR) is 127 cm³/mol. The number of nitrogens with one attached hydrogen (secondary N) is 1. The standard InChI is InChI=1S/C21H16FN5O2S3/c1-12-4-5-13(9-15(12)22)23-17(28)11-32-21-25-24-20-26(10-14-3-2-7-30-14)19(29)18-16(27(20)21)6-8-31-18/h2-9H,10-11H2,1H3,(H,23,28). The molecule has 0 aliphatic rings. The average Bonchev–Trinajstić information content (AvgIpc) is 3.52. The van der Waals surface area contributed by atoms with Crippen molar-refractivity contribution in [3.8, 4) is 0 Å². The normalized spacial score (nSPS) is 11.4. The first-order valence-corrected chi connectivity index (χ1v) is 12.3. The van der Waals surface area contributed by atoms with E-state index in [4.69, 9.17) is 0 Å². The minimum Gasteiger partial charge on any atom is -0.325 e. The van der Waals surface area contributed by atoms with E-state index in [1.54, 1.807) is 35.0 Å². The number of aryl methyl sites for hydroxylation is 1. The minimum atomic E-state index is -0.373. The third-order valence-electron chi connectivity index (χ3n) is 4.86. The first kappa shape index (κ1) is 20.9. The monoisotopic (exact) mass is 485 g/mol. The molecule has 0 aliphatic carbocycles. The van der Waals surface area contributed by atoms with Crippen LogP contribution < -0.4 is 10.9 Å². The number of amides is 1. The summed E-state index contributed by atoms with van der Waals surface area (Å²) in [6, 6.07) is 10.3. The molecule has 0 spiro atoms. The molecule has 11 heteroatoms. The van der Waals surface area contributed by atoms with Crippen LogP contribution in [0.2, 0.25) is 0 Å². The maximum atomic E-state index is 13.7. The summed E-state index contributed by atoms with van der Waals surface area (Å²) in [7, 11) is 0. The first-order chi connectivity index (χ1) is 15.5. The fourth-order valence-electron chi connectivity index (χ4n) is 3.29. The van der Waals surface area contributed by atoms with Crippen molar-refractivity contribution in [2.45, 2.75) is 18.6 Å². The zero-order chi connectivity index (χ0) is 22.2. The fourth-order valence-corrected chi connectivity index (χ4v) is 5.55. The molecule has 0 atom stereocenters. The third-order valence-corrected chi connectivity index (χ3v) is 7.55. The number of rotatable bonds is 6. The molecule has 0 aliphatic heterocycles. The quantitative estimate of drug-likeness (QED) is 0.361. The molecule has 0 unspecified atom stereocenters. The van der Waals surface area contributed by atoms with E-state index in [2.05, 4.69) is 15.5 Å². The zero-order valence-corrected chi connectivity index (χ0v) is 19.2. The molecular weight excluding hydrogens is 469 g/mol. The van der Waals surface area contributed by atoms with Gasteiger partial charge in [0.1, 0.15) is 10.5 Å². The van der Waals surface area contributed by atoms with Crippen LogP contribution in [0.4, 0.5) is 10.1 Å². The largest absolute Gasteiger partial charge is 0.325 e. The van der Waals surface area contributed by atoms with Gasteiger partial charge in [-0.15, -0.1) is 32.9 Å². The molecule has 0 fully saturated rings. The van der Waals surface area contributed by atoms with E-state index in [1.807, 2.05) is 33.4 Å². The Kier molecular flexibility index (Phi) is 5.53. The molecule has 0 saturated carbocycles. The van der Waals surface area contributed by atoms with Gasteiger partial charge >= 0.3 is 0 Å². The van der Waals surface area contributed by atoms with Crippen molar-refractivity contribution in [3.05, 3.63) is 73.8 Å². The van der Waals surface area contributed by atoms with Crippen molar-refractivity contribution in [2.75, 3.05) is 11.1 Å². The van der Waals surface area contributed by atoms with E-state index in [9.17, 15) is 14.0 Å². The van der Waals surface area contributed by atoms with Gasteiger partial charge in [-0.25, -0.2) is 4.39 Å². The molecule has 0 saturated heterocycles. The van der Waals surface area contributed by atoms with Crippen LogP contribution in [0, 0.1) is 12.7 Å². The molecular formula is C21H16FN5O2S3. The van der Waals surface area contributed by atoms with Crippen molar-refractivity contribution in [1.82, 2.24) is 19.2 Å². The van der Waals surface area contributed by atoms with Gasteiger partial charge in [-0.3, -0.25) is 18.6 Å². The van der Waals surface area contributed by atoms with E-state index in [-0.39, 0.29) is 23.0 Å². The van der Waals surface area contributed by atoms with Gasteiger partial charge in [0.2, 0.25) is 11.7 Å². The van der Waals surface area contributed by atoms with Crippen molar-refractivity contribution in [3.63, 3.8) is 0 Å². The second-order valence-electron chi connectivity index (χ2n) is 7.02. The molecule has 5 aromatic rings. The molecule has 4 heterocycles. The molecule has 5 rings (SSSR count). The third kappa shape index (κ3) is 3.83. The SMILES string of the molecule is Cc1ccc(NC(=O)CSc2nnc3n(Cc4cccs4)c(=O)c4sccc4n23)cc1F. The maximum Gasteiger partial charge on any atom is 0.273 e. The van der Waals surface area contributed by atoms with Crippen LogP contribution in [-0.4, -0.2) is 30.8 Å². The zero-order valence-electron chi connectivity index (χ0n) is 16.7. The van der Waals surface area contributed by atoms with E-state index < -0.39 is 0 Å². The highest BCUT2D eigenvalue weighted by Gasteiger charge is 2.19. The Morgan fingerprint density at radius 2 is 2.06 bits per heavy atom. The number of hydrogen-bond acceptors (Lipinski definition) is 7. The maximum absolute atomic E-state index is 13.7. The van der Waals surface area contributed by atoms with Gasteiger partial charge in [0, 0.05) is 10.6 Å². The van der Waals surface area contributed by atoms with Crippen molar-refractivity contribution >= 4 is 62.0 Å².